The number of nitrogens with zero attached hydrogens (tertiary/aromatic N) is 5. The van der Waals surface area contributed by atoms with Crippen LogP contribution in [0.2, 0.25) is 0 Å². The Kier molecular flexibility index (Phi) is 4.66. The monoisotopic (exact) mass is 293 g/mol. The minimum Gasteiger partial charge on any atom is -0.379 e. The number of morpholine rings is 1. The molecule has 1 aromatic heterocycles. The van der Waals surface area contributed by atoms with Crippen LogP contribution < -0.4 is 15.6 Å². The average molecular weight is 293 g/mol. The smallest absolute Gasteiger partial charge is 0.244 e. The molecule has 0 radical (unpaired) electrons. The van der Waals surface area contributed by atoms with Gasteiger partial charge in [-0.15, -0.1) is 0 Å². The summed E-state index contributed by atoms with van der Waals surface area (Å²) in [7, 11) is 1.83. The molecule has 0 bridgehead atoms. The standard InChI is InChI=1S/C13H23N7O/c1-14-11-15-12(18-20-7-9-21-10-8-20)17-13(16-11)19-5-3-2-4-6-19/h2-10H2,1H3,(H2,14,15,16,17,18). The maximum Gasteiger partial charge on any atom is 0.244 e. The molecule has 3 heterocycles. The van der Waals surface area contributed by atoms with Gasteiger partial charge in [-0.3, -0.25) is 5.43 Å². The molecule has 116 valence electrons. The molecule has 2 N–H and O–H groups in total. The first kappa shape index (κ1) is 14.3. The summed E-state index contributed by atoms with van der Waals surface area (Å²) < 4.78 is 5.35. The van der Waals surface area contributed by atoms with Gasteiger partial charge in [-0.2, -0.15) is 15.0 Å². The predicted molar refractivity (Wildman–Crippen MR) is 81.5 cm³/mol. The Morgan fingerprint density at radius 1 is 0.905 bits per heavy atom. The van der Waals surface area contributed by atoms with Crippen LogP contribution in [0.15, 0.2) is 0 Å². The largest absolute Gasteiger partial charge is 0.379 e. The van der Waals surface area contributed by atoms with Crippen molar-refractivity contribution in [1.29, 1.82) is 0 Å². The van der Waals surface area contributed by atoms with Crippen LogP contribution in [0.4, 0.5) is 17.8 Å². The minimum absolute atomic E-state index is 0.594. The average Bonchev–Trinajstić information content (AvgIpc) is 2.56. The summed E-state index contributed by atoms with van der Waals surface area (Å²) in [6, 6.07) is 0. The third-order valence-electron chi connectivity index (χ3n) is 3.76. The number of hydrogen-bond donors (Lipinski definition) is 2. The number of hydrazine groups is 1. The van der Waals surface area contributed by atoms with Crippen molar-refractivity contribution in [1.82, 2.24) is 20.0 Å². The van der Waals surface area contributed by atoms with Crippen molar-refractivity contribution in [3.8, 4) is 0 Å². The van der Waals surface area contributed by atoms with E-state index in [1.165, 1.54) is 19.3 Å². The van der Waals surface area contributed by atoms with Crippen LogP contribution in [0.1, 0.15) is 19.3 Å². The van der Waals surface area contributed by atoms with Crippen LogP contribution in [0.3, 0.4) is 0 Å². The highest BCUT2D eigenvalue weighted by molar-refractivity contribution is 5.43. The van der Waals surface area contributed by atoms with Gasteiger partial charge >= 0.3 is 0 Å². The lowest BCUT2D eigenvalue weighted by atomic mass is 10.1. The van der Waals surface area contributed by atoms with Crippen molar-refractivity contribution in [3.63, 3.8) is 0 Å². The zero-order valence-corrected chi connectivity index (χ0v) is 12.5. The Morgan fingerprint density at radius 2 is 1.62 bits per heavy atom. The maximum absolute atomic E-state index is 5.35. The molecular weight excluding hydrogens is 270 g/mol. The molecule has 21 heavy (non-hydrogen) atoms. The zero-order chi connectivity index (χ0) is 14.5. The number of nitrogens with one attached hydrogen (secondary N) is 2. The lowest BCUT2D eigenvalue weighted by Gasteiger charge is -2.29. The van der Waals surface area contributed by atoms with Gasteiger partial charge in [0, 0.05) is 33.2 Å². The van der Waals surface area contributed by atoms with E-state index in [1.807, 2.05) is 7.05 Å². The van der Waals surface area contributed by atoms with Crippen LogP contribution in [0, 0.1) is 0 Å². The van der Waals surface area contributed by atoms with Crippen LogP contribution in [0.25, 0.3) is 0 Å². The number of rotatable bonds is 4. The molecule has 0 saturated carbocycles. The SMILES string of the molecule is CNc1nc(NN2CCOCC2)nc(N2CCCCC2)n1. The van der Waals surface area contributed by atoms with Crippen molar-refractivity contribution in [3.05, 3.63) is 0 Å². The van der Waals surface area contributed by atoms with Gasteiger partial charge in [0.25, 0.3) is 0 Å². The molecule has 0 unspecified atom stereocenters. The first-order chi connectivity index (χ1) is 10.3. The number of piperidine rings is 1. The summed E-state index contributed by atoms with van der Waals surface area (Å²) in [5, 5.41) is 5.09. The molecule has 8 nitrogen and oxygen atoms in total. The van der Waals surface area contributed by atoms with Crippen molar-refractivity contribution >= 4 is 17.8 Å². The molecular formula is C13H23N7O. The fraction of sp³-hybridized carbons (Fsp3) is 0.769. The number of ether oxygens (including phenoxy) is 1. The van der Waals surface area contributed by atoms with Gasteiger partial charge in [-0.05, 0) is 19.3 Å². The van der Waals surface area contributed by atoms with Crippen LogP contribution in [0.5, 0.6) is 0 Å². The molecule has 8 heteroatoms. The second-order valence-electron chi connectivity index (χ2n) is 5.29. The van der Waals surface area contributed by atoms with Crippen LogP contribution >= 0.6 is 0 Å². The van der Waals surface area contributed by atoms with Crippen molar-refractivity contribution in [2.75, 3.05) is 62.1 Å². The van der Waals surface area contributed by atoms with Crippen LogP contribution in [-0.2, 0) is 4.74 Å². The van der Waals surface area contributed by atoms with E-state index < -0.39 is 0 Å². The fourth-order valence-corrected chi connectivity index (χ4v) is 2.58. The zero-order valence-electron chi connectivity index (χ0n) is 12.5. The summed E-state index contributed by atoms with van der Waals surface area (Å²) in [6.07, 6.45) is 3.69. The van der Waals surface area contributed by atoms with Gasteiger partial charge in [0.15, 0.2) is 0 Å². The molecule has 0 amide bonds. The molecule has 0 spiro atoms. The maximum atomic E-state index is 5.35. The Hall–Kier alpha value is -1.67. The van der Waals surface area contributed by atoms with E-state index in [-0.39, 0.29) is 0 Å². The Bertz CT molecular complexity index is 458. The molecule has 2 aliphatic heterocycles. The van der Waals surface area contributed by atoms with E-state index in [9.17, 15) is 0 Å². The third kappa shape index (κ3) is 3.70. The van der Waals surface area contributed by atoms with Crippen molar-refractivity contribution < 1.29 is 4.74 Å². The second-order valence-corrected chi connectivity index (χ2v) is 5.29. The fourth-order valence-electron chi connectivity index (χ4n) is 2.58. The topological polar surface area (TPSA) is 78.4 Å². The molecule has 2 fully saturated rings. The Labute approximate surface area is 124 Å². The summed E-state index contributed by atoms with van der Waals surface area (Å²) in [4.78, 5) is 15.7. The lowest BCUT2D eigenvalue weighted by molar-refractivity contribution is 0.0492. The van der Waals surface area contributed by atoms with Gasteiger partial charge in [-0.1, -0.05) is 0 Å². The number of anilines is 3. The molecule has 0 aromatic carbocycles. The highest BCUT2D eigenvalue weighted by atomic mass is 16.5. The number of aromatic nitrogens is 3. The van der Waals surface area contributed by atoms with E-state index in [4.69, 9.17) is 4.74 Å². The molecule has 1 aromatic rings. The molecule has 0 aliphatic carbocycles. The van der Waals surface area contributed by atoms with Gasteiger partial charge in [-0.25, -0.2) is 5.01 Å². The van der Waals surface area contributed by atoms with Crippen LogP contribution in [-0.4, -0.2) is 66.4 Å². The third-order valence-corrected chi connectivity index (χ3v) is 3.76. The van der Waals surface area contributed by atoms with Gasteiger partial charge in [0.1, 0.15) is 0 Å². The molecule has 2 saturated heterocycles. The normalized spacial score (nSPS) is 20.3. The predicted octanol–water partition coefficient (Wildman–Crippen LogP) is 0.563. The first-order valence-corrected chi connectivity index (χ1v) is 7.63. The summed E-state index contributed by atoms with van der Waals surface area (Å²) in [5.41, 5.74) is 3.26. The van der Waals surface area contributed by atoms with E-state index in [1.54, 1.807) is 0 Å². The number of hydrogen-bond acceptors (Lipinski definition) is 8. The summed E-state index contributed by atoms with van der Waals surface area (Å²) in [5.74, 6) is 1.95. The summed E-state index contributed by atoms with van der Waals surface area (Å²) >= 11 is 0. The highest BCUT2D eigenvalue weighted by Crippen LogP contribution is 2.18. The minimum atomic E-state index is 0.594. The van der Waals surface area contributed by atoms with Gasteiger partial charge < -0.3 is 15.0 Å². The van der Waals surface area contributed by atoms with Crippen molar-refractivity contribution in [2.45, 2.75) is 19.3 Å². The summed E-state index contributed by atoms with van der Waals surface area (Å²) in [6.45, 7) is 5.17. The lowest BCUT2D eigenvalue weighted by Crippen LogP contribution is -2.41. The van der Waals surface area contributed by atoms with E-state index in [0.29, 0.717) is 11.9 Å². The van der Waals surface area contributed by atoms with Crippen molar-refractivity contribution in [2.24, 2.45) is 0 Å². The van der Waals surface area contributed by atoms with E-state index >= 15 is 0 Å². The molecule has 3 rings (SSSR count). The van der Waals surface area contributed by atoms with Gasteiger partial charge in [0.05, 0.1) is 13.2 Å². The Morgan fingerprint density at radius 3 is 2.33 bits per heavy atom. The van der Waals surface area contributed by atoms with Gasteiger partial charge in [0.2, 0.25) is 17.8 Å². The Balaban J connectivity index is 1.75. The molecule has 0 atom stereocenters. The van der Waals surface area contributed by atoms with E-state index in [2.05, 4.69) is 35.6 Å². The van der Waals surface area contributed by atoms with E-state index in [0.717, 1.165) is 45.3 Å². The second kappa shape index (κ2) is 6.86. The first-order valence-electron chi connectivity index (χ1n) is 7.63. The highest BCUT2D eigenvalue weighted by Gasteiger charge is 2.17. The molecule has 2 aliphatic rings. The quantitative estimate of drug-likeness (QED) is 0.834.